The van der Waals surface area contributed by atoms with E-state index in [1.807, 2.05) is 104 Å². The Morgan fingerprint density at radius 2 is 1.04 bits per heavy atom. The minimum Gasteiger partial charge on any atom is -0.503 e. The number of hydrogen-bond acceptors (Lipinski definition) is 26. The Kier molecular flexibility index (Phi) is 78.4. The van der Waals surface area contributed by atoms with Crippen molar-refractivity contribution in [2.75, 3.05) is 88.8 Å². The molecule has 0 radical (unpaired) electrons. The number of halogens is 6. The first-order valence-corrected chi connectivity index (χ1v) is 51.3. The van der Waals surface area contributed by atoms with Crippen molar-refractivity contribution >= 4 is 123 Å². The molecule has 2 aliphatic heterocycles. The lowest BCUT2D eigenvalue weighted by Gasteiger charge is -2.50. The van der Waals surface area contributed by atoms with Crippen LogP contribution in [0.2, 0.25) is 0 Å². The average Bonchev–Trinajstić information content (AvgIpc) is 1.68. The van der Waals surface area contributed by atoms with Gasteiger partial charge >= 0.3 is 30.5 Å². The highest BCUT2D eigenvalue weighted by Crippen LogP contribution is 2.38. The number of azide groups is 1. The van der Waals surface area contributed by atoms with Crippen LogP contribution < -0.4 is 59.4 Å². The number of Topliss-reactive ketones (excluding diaryl/α,β-unsaturated/α-hetero) is 1. The molecule has 5 aliphatic rings. The van der Waals surface area contributed by atoms with Crippen LogP contribution in [0.25, 0.3) is 10.4 Å². The third-order valence-corrected chi connectivity index (χ3v) is 17.1. The number of nitrogens with two attached hydrogens (primary N) is 2. The molecule has 1 saturated heterocycles. The molecule has 0 spiro atoms. The van der Waals surface area contributed by atoms with Crippen LogP contribution in [-0.4, -0.2) is 265 Å². The van der Waals surface area contributed by atoms with Gasteiger partial charge in [0.25, 0.3) is 16.0 Å². The first-order chi connectivity index (χ1) is 62.2. The number of carbonyl (C=O) groups excluding carboxylic acids is 8. The van der Waals surface area contributed by atoms with Gasteiger partial charge in [-0.05, 0) is 272 Å². The molecule has 2 aromatic rings. The van der Waals surface area contributed by atoms with Gasteiger partial charge in [-0.1, -0.05) is 52.7 Å². The Bertz CT molecular complexity index is 3780. The summed E-state index contributed by atoms with van der Waals surface area (Å²) in [6.07, 6.45) is 13.3. The number of amides is 6. The van der Waals surface area contributed by atoms with E-state index in [4.69, 9.17) is 92.2 Å². The minimum atomic E-state index is -3.48. The minimum absolute atomic E-state index is 0.0186. The highest BCUT2D eigenvalue weighted by atomic mass is 35.5. The van der Waals surface area contributed by atoms with Crippen LogP contribution in [0.3, 0.4) is 0 Å². The summed E-state index contributed by atoms with van der Waals surface area (Å²) in [4.78, 5) is 111. The van der Waals surface area contributed by atoms with Crippen molar-refractivity contribution in [2.24, 2.45) is 28.4 Å². The molecule has 35 nitrogen and oxygen atoms in total. The van der Waals surface area contributed by atoms with Crippen molar-refractivity contribution in [2.45, 2.75) is 366 Å². The Balaban J connectivity index is -0.000000360. The van der Waals surface area contributed by atoms with E-state index in [1.54, 1.807) is 60.3 Å². The molecule has 3 heterocycles. The molecule has 2 unspecified atom stereocenters. The second kappa shape index (κ2) is 75.8. The SMILES string of the molecule is CC(C)C=O.CC(C)CNC[C@@H](C)NC(=O)OC(C)(C)C.CCP.CCP.CO.C[C@@H](CCNC1CC1)NC(=O)OC(C)(C)C.C[C@H](CN)NC(=O)OC(C)(C)C.C[C@H](CN=[N+]=[N-])NC(=O)OC(C)(C)C.C[C@H](COS(C)(=O)=O)NC(=O)OC(C)(C)C.C[C@H](N)CCNC1CC1.C[C@H]1CCN(C2CC2)[C@@H]2Cn3cc(C(=O)CCc4ccc(F)cc4F)c(=O)c(O)c3C(=O)N12.ClCCl.ClCCl. The molecular formula is C91H174Cl4F2N16O19P2S. The molecule has 4 fully saturated rings. The first kappa shape index (κ1) is 140. The fourth-order valence-electron chi connectivity index (χ4n) is 10.4. The standard InChI is InChI=1S/C24H25F2N3O4.C12H24N2O2.C12H26N2O2.C9H19NO5S.C8H16N4O2.C8H18N2O2.C7H16N2.C4H8O.2C2H7P.2CH2Cl2.CH4O/c1-13-8-9-28(16-5-6-16)20-12-27-11-17(22(31)23(32)21(27)24(33)29(13)20)19(30)7-3-14-2-4-15(25)10-18(14)26;1-9(7-8-13-10-5-6-10)14-11(15)16-12(2,3)4;1-9(2)7-13-8-10(3)14-11(15)16-12(4,5)6;1-7(6-14-16(5,12)13)10-8(11)15-9(2,3)4;1-6(5-10-12-9)11-7(13)14-8(2,3)4;1-6(5-9)10-7(11)12-8(2,3)4;1-6(8)4-5-9-7-2-3-7;1-4(2)3-5;2*1-2-3;2*2-1-3;1-2/h2,4,10-11,13,16,20,32H,3,5-9,12H2,1H3;9-10,13H,5-8H2,1-4H3,(H,14,15);9-10,13H,7-8H2,1-6H3,(H,14,15);7H,6H2,1-5H3,(H,10,11);6H,5H2,1-4H3,(H,11,13);6H,5,9H2,1-4H3,(H,10,11);6-7,9H,2-5,8H2,1H3;3-4H,1-2H3;2*2-3H2,1H3;2*1H2;2H,1H3/t13-,20-;9-;10-;7-;3*6-;;;;;;/m0011110....../s1. The fourth-order valence-corrected chi connectivity index (χ4v) is 10.9. The summed E-state index contributed by atoms with van der Waals surface area (Å²) in [7, 11) is 2.68. The number of hydrogen-bond donors (Lipinski definition) is 12. The number of carbonyl (C=O) groups is 8. The van der Waals surface area contributed by atoms with Gasteiger partial charge in [0.1, 0.15) is 52.1 Å². The Hall–Kier alpha value is -6.05. The maximum Gasteiger partial charge on any atom is 0.407 e. The summed E-state index contributed by atoms with van der Waals surface area (Å²) in [6, 6.07) is 4.98. The van der Waals surface area contributed by atoms with Gasteiger partial charge in [-0.3, -0.25) is 23.5 Å². The van der Waals surface area contributed by atoms with Gasteiger partial charge in [0.05, 0.1) is 41.7 Å². The summed E-state index contributed by atoms with van der Waals surface area (Å²) in [6.45, 7) is 58.0. The van der Waals surface area contributed by atoms with Gasteiger partial charge in [-0.15, -0.1) is 64.9 Å². The number of alkyl carbamates (subject to hydrolysis) is 5. The topological polar surface area (TPSA) is 492 Å². The number of aromatic nitrogens is 1. The molecule has 790 valence electrons. The number of nitrogens with zero attached hydrogens (tertiary/aromatic N) is 6. The van der Waals surface area contributed by atoms with E-state index in [9.17, 15) is 65.5 Å². The molecule has 0 bridgehead atoms. The lowest BCUT2D eigenvalue weighted by molar-refractivity contribution is -0.110. The smallest absolute Gasteiger partial charge is 0.407 e. The van der Waals surface area contributed by atoms with Crippen molar-refractivity contribution < 1.29 is 93.6 Å². The number of aldehydes is 1. The summed E-state index contributed by atoms with van der Waals surface area (Å²) < 4.78 is 79.8. The van der Waals surface area contributed by atoms with E-state index in [1.165, 1.54) is 54.8 Å². The molecule has 135 heavy (non-hydrogen) atoms. The van der Waals surface area contributed by atoms with Crippen LogP contribution in [0.1, 0.15) is 284 Å². The molecule has 10 atom stereocenters. The molecular weight excluding hydrogens is 1890 g/mol. The Morgan fingerprint density at radius 3 is 1.39 bits per heavy atom. The molecule has 3 saturated carbocycles. The number of rotatable bonds is 29. The predicted octanol–water partition coefficient (Wildman–Crippen LogP) is 16.3. The van der Waals surface area contributed by atoms with Crippen molar-refractivity contribution in [3.8, 4) is 5.75 Å². The van der Waals surface area contributed by atoms with Gasteiger partial charge in [0.2, 0.25) is 5.43 Å². The second-order valence-electron chi connectivity index (χ2n) is 38.0. The summed E-state index contributed by atoms with van der Waals surface area (Å²) in [5.74, 6) is -2.36. The molecule has 7 rings (SSSR count). The highest BCUT2D eigenvalue weighted by Gasteiger charge is 2.47. The zero-order valence-corrected chi connectivity index (χ0v) is 92.5. The lowest BCUT2D eigenvalue weighted by Crippen LogP contribution is -2.64. The second-order valence-corrected chi connectivity index (χ2v) is 42.9. The zero-order valence-electron chi connectivity index (χ0n) is 86.4. The van der Waals surface area contributed by atoms with Crippen LogP contribution >= 0.6 is 64.9 Å². The van der Waals surface area contributed by atoms with Gasteiger partial charge < -0.3 is 102 Å². The number of aryl methyl sites for hydroxylation is 1. The number of fused-ring (bicyclic) bond motifs is 2. The summed E-state index contributed by atoms with van der Waals surface area (Å²) in [5, 5.41) is 44.7. The van der Waals surface area contributed by atoms with Crippen LogP contribution in [0.15, 0.2) is 34.3 Å². The number of pyridine rings is 1. The number of benzene rings is 1. The van der Waals surface area contributed by atoms with Crippen molar-refractivity contribution in [3.63, 3.8) is 0 Å². The normalized spacial score (nSPS) is 15.9. The molecule has 14 N–H and O–H groups in total. The monoisotopic (exact) mass is 2070 g/mol. The Labute approximate surface area is 831 Å². The summed E-state index contributed by atoms with van der Waals surface area (Å²) >= 11 is 19.1. The molecule has 6 amide bonds. The number of nitrogens with one attached hydrogen (secondary N) is 8. The average molecular weight is 2070 g/mol. The van der Waals surface area contributed by atoms with Crippen molar-refractivity contribution in [3.05, 3.63) is 73.5 Å². The van der Waals surface area contributed by atoms with Crippen LogP contribution in [-0.2, 0) is 55.7 Å². The van der Waals surface area contributed by atoms with Gasteiger partial charge in [0.15, 0.2) is 17.2 Å². The predicted molar refractivity (Wildman–Crippen MR) is 548 cm³/mol. The van der Waals surface area contributed by atoms with E-state index < -0.39 is 96.9 Å². The number of aliphatic hydroxyl groups excluding tert-OH is 1. The Morgan fingerprint density at radius 1 is 0.644 bits per heavy atom. The molecule has 1 aromatic carbocycles. The lowest BCUT2D eigenvalue weighted by atomic mass is 10.00. The fraction of sp³-hybridized carbons (Fsp3) is 0.791. The highest BCUT2D eigenvalue weighted by molar-refractivity contribution is 7.86. The summed E-state index contributed by atoms with van der Waals surface area (Å²) in [5.41, 5.74) is 15.5. The number of alkyl halides is 4. The number of aliphatic hydroxyl groups is 1. The zero-order chi connectivity index (χ0) is 106. The van der Waals surface area contributed by atoms with Crippen molar-refractivity contribution in [1.82, 2.24) is 56.9 Å². The van der Waals surface area contributed by atoms with Gasteiger partial charge in [-0.25, -0.2) is 32.8 Å². The molecule has 44 heteroatoms. The van der Waals surface area contributed by atoms with Crippen LogP contribution in [0.5, 0.6) is 5.75 Å². The maximum absolute atomic E-state index is 13.9. The van der Waals surface area contributed by atoms with Crippen molar-refractivity contribution in [1.29, 1.82) is 0 Å². The number of ether oxygens (including phenoxy) is 5. The van der Waals surface area contributed by atoms with Crippen LogP contribution in [0.4, 0.5) is 32.8 Å². The van der Waals surface area contributed by atoms with E-state index in [2.05, 4.69) is 115 Å². The molecule has 3 aliphatic carbocycles. The van der Waals surface area contributed by atoms with Crippen LogP contribution in [0, 0.1) is 23.5 Å². The largest absolute Gasteiger partial charge is 0.503 e. The van der Waals surface area contributed by atoms with E-state index in [0.29, 0.717) is 31.1 Å². The van der Waals surface area contributed by atoms with E-state index in [-0.39, 0.29) is 108 Å². The third kappa shape index (κ3) is 84.5. The third-order valence-electron chi connectivity index (χ3n) is 16.6. The maximum atomic E-state index is 13.9. The van der Waals surface area contributed by atoms with E-state index >= 15 is 0 Å². The first-order valence-electron chi connectivity index (χ1n) is 45.8. The van der Waals surface area contributed by atoms with Gasteiger partial charge in [-0.2, -0.15) is 8.42 Å². The molecule has 1 aromatic heterocycles. The number of ketones is 1. The van der Waals surface area contributed by atoms with Gasteiger partial charge in [0, 0.05) is 117 Å². The van der Waals surface area contributed by atoms with E-state index in [0.717, 1.165) is 109 Å². The quantitative estimate of drug-likeness (QED) is 0.00414. The number of aromatic hydroxyl groups is 1.